The largest absolute Gasteiger partial charge is 0.377 e. The van der Waals surface area contributed by atoms with Gasteiger partial charge >= 0.3 is 0 Å². The van der Waals surface area contributed by atoms with E-state index in [4.69, 9.17) is 11.6 Å². The Bertz CT molecular complexity index is 562. The Morgan fingerprint density at radius 1 is 1.11 bits per heavy atom. The van der Waals surface area contributed by atoms with E-state index in [1.54, 1.807) is 24.3 Å². The van der Waals surface area contributed by atoms with Gasteiger partial charge in [0.05, 0.1) is 0 Å². The van der Waals surface area contributed by atoms with Gasteiger partial charge in [-0.3, -0.25) is 4.79 Å². The average molecular weight is 276 g/mol. The number of carbonyl (C=O) groups is 1. The van der Waals surface area contributed by atoms with Crippen LogP contribution in [0.25, 0.3) is 0 Å². The van der Waals surface area contributed by atoms with E-state index in [2.05, 4.69) is 0 Å². The number of hydrogen-bond acceptors (Lipinski definition) is 2. The summed E-state index contributed by atoms with van der Waals surface area (Å²) in [4.78, 5) is 14.1. The van der Waals surface area contributed by atoms with Crippen molar-refractivity contribution in [3.05, 3.63) is 59.4 Å². The zero-order valence-corrected chi connectivity index (χ0v) is 11.8. The molecule has 0 atom stereocenters. The van der Waals surface area contributed by atoms with Gasteiger partial charge in [0.2, 0.25) is 12.3 Å². The Labute approximate surface area is 118 Å². The second-order valence-corrected chi connectivity index (χ2v) is 4.99. The van der Waals surface area contributed by atoms with Gasteiger partial charge in [-0.25, -0.2) is 0 Å². The number of pyridine rings is 1. The summed E-state index contributed by atoms with van der Waals surface area (Å²) in [6.07, 6.45) is 3.81. The molecule has 2 aromatic rings. The number of anilines is 1. The van der Waals surface area contributed by atoms with E-state index < -0.39 is 0 Å². The zero-order valence-electron chi connectivity index (χ0n) is 11.0. The molecule has 98 valence electrons. The lowest BCUT2D eigenvalue weighted by Crippen LogP contribution is -2.37. The summed E-state index contributed by atoms with van der Waals surface area (Å²) in [6, 6.07) is 10.9. The highest BCUT2D eigenvalue weighted by Crippen LogP contribution is 2.10. The first-order valence-corrected chi connectivity index (χ1v) is 6.39. The van der Waals surface area contributed by atoms with E-state index in [0.29, 0.717) is 17.1 Å². The van der Waals surface area contributed by atoms with Gasteiger partial charge in [0.15, 0.2) is 12.4 Å². The molecule has 0 fully saturated rings. The highest BCUT2D eigenvalue weighted by Gasteiger charge is 2.12. The maximum Gasteiger partial charge on any atom is 0.227 e. The second kappa shape index (κ2) is 5.85. The van der Waals surface area contributed by atoms with Crippen LogP contribution in [0, 0.1) is 0 Å². The van der Waals surface area contributed by atoms with Crippen LogP contribution >= 0.6 is 11.6 Å². The van der Waals surface area contributed by atoms with Crippen LogP contribution in [0.2, 0.25) is 5.02 Å². The monoisotopic (exact) mass is 275 g/mol. The lowest BCUT2D eigenvalue weighted by atomic mass is 10.1. The van der Waals surface area contributed by atoms with Crippen LogP contribution in [0.3, 0.4) is 0 Å². The van der Waals surface area contributed by atoms with Crippen LogP contribution in [-0.4, -0.2) is 19.9 Å². The smallest absolute Gasteiger partial charge is 0.227 e. The molecule has 0 radical (unpaired) electrons. The van der Waals surface area contributed by atoms with Crippen molar-refractivity contribution in [2.75, 3.05) is 19.0 Å². The number of benzene rings is 1. The summed E-state index contributed by atoms with van der Waals surface area (Å²) in [7, 11) is 3.97. The first-order chi connectivity index (χ1) is 9.06. The van der Waals surface area contributed by atoms with Crippen LogP contribution < -0.4 is 9.47 Å². The number of halogens is 1. The van der Waals surface area contributed by atoms with Gasteiger partial charge in [0.25, 0.3) is 0 Å². The molecule has 0 N–H and O–H groups in total. The molecule has 1 heterocycles. The lowest BCUT2D eigenvalue weighted by molar-refractivity contribution is -0.683. The van der Waals surface area contributed by atoms with Crippen molar-refractivity contribution in [1.29, 1.82) is 0 Å². The van der Waals surface area contributed by atoms with Gasteiger partial charge in [-0.05, 0) is 24.3 Å². The Morgan fingerprint density at radius 2 is 1.68 bits per heavy atom. The minimum absolute atomic E-state index is 0.0688. The summed E-state index contributed by atoms with van der Waals surface area (Å²) in [6.45, 7) is 0.329. The number of rotatable bonds is 4. The molecular weight excluding hydrogens is 260 g/mol. The Hall–Kier alpha value is -1.87. The topological polar surface area (TPSA) is 24.2 Å². The third-order valence-electron chi connectivity index (χ3n) is 2.88. The molecule has 0 aliphatic rings. The summed E-state index contributed by atoms with van der Waals surface area (Å²) in [5.41, 5.74) is 1.78. The fourth-order valence-corrected chi connectivity index (χ4v) is 1.87. The number of aromatic nitrogens is 1. The summed E-state index contributed by atoms with van der Waals surface area (Å²) < 4.78 is 1.87. The van der Waals surface area contributed by atoms with E-state index in [9.17, 15) is 4.79 Å². The van der Waals surface area contributed by atoms with Crippen LogP contribution in [-0.2, 0) is 6.54 Å². The SMILES string of the molecule is CN(C)c1cc[n+](CC(=O)c2ccc(Cl)cc2)cc1. The number of hydrogen-bond donors (Lipinski definition) is 0. The van der Waals surface area contributed by atoms with E-state index in [1.807, 2.05) is 48.1 Å². The number of carbonyl (C=O) groups excluding carboxylic acids is 1. The molecule has 0 amide bonds. The van der Waals surface area contributed by atoms with Crippen molar-refractivity contribution in [1.82, 2.24) is 0 Å². The predicted octanol–water partition coefficient (Wildman–Crippen LogP) is 2.58. The second-order valence-electron chi connectivity index (χ2n) is 4.55. The maximum absolute atomic E-state index is 12.1. The fraction of sp³-hybridized carbons (Fsp3) is 0.200. The van der Waals surface area contributed by atoms with Gasteiger partial charge < -0.3 is 4.90 Å². The van der Waals surface area contributed by atoms with Gasteiger partial charge in [0.1, 0.15) is 0 Å². The molecule has 4 heteroatoms. The van der Waals surface area contributed by atoms with Gasteiger partial charge in [0, 0.05) is 42.5 Å². The quantitative estimate of drug-likeness (QED) is 0.633. The van der Waals surface area contributed by atoms with E-state index in [-0.39, 0.29) is 5.78 Å². The summed E-state index contributed by atoms with van der Waals surface area (Å²) >= 11 is 5.80. The zero-order chi connectivity index (χ0) is 13.8. The molecule has 0 aliphatic carbocycles. The normalized spacial score (nSPS) is 10.3. The van der Waals surface area contributed by atoms with Gasteiger partial charge in [-0.2, -0.15) is 4.57 Å². The van der Waals surface area contributed by atoms with Crippen molar-refractivity contribution in [3.63, 3.8) is 0 Å². The van der Waals surface area contributed by atoms with Gasteiger partial charge in [-0.15, -0.1) is 0 Å². The van der Waals surface area contributed by atoms with Crippen molar-refractivity contribution in [3.8, 4) is 0 Å². The molecule has 0 unspecified atom stereocenters. The Kier molecular flexibility index (Phi) is 4.17. The summed E-state index contributed by atoms with van der Waals surface area (Å²) in [5.74, 6) is 0.0688. The van der Waals surface area contributed by atoms with Crippen LogP contribution in [0.4, 0.5) is 5.69 Å². The number of ketones is 1. The lowest BCUT2D eigenvalue weighted by Gasteiger charge is -2.10. The molecule has 0 spiro atoms. The van der Waals surface area contributed by atoms with E-state index in [0.717, 1.165) is 5.69 Å². The molecular formula is C15H16ClN2O+. The van der Waals surface area contributed by atoms with E-state index in [1.165, 1.54) is 0 Å². The van der Waals surface area contributed by atoms with Crippen LogP contribution in [0.5, 0.6) is 0 Å². The molecule has 0 aliphatic heterocycles. The van der Waals surface area contributed by atoms with E-state index >= 15 is 0 Å². The Morgan fingerprint density at radius 3 is 2.21 bits per heavy atom. The van der Waals surface area contributed by atoms with Crippen molar-refractivity contribution in [2.24, 2.45) is 0 Å². The third-order valence-corrected chi connectivity index (χ3v) is 3.13. The minimum Gasteiger partial charge on any atom is -0.377 e. The molecule has 0 bridgehead atoms. The van der Waals surface area contributed by atoms with Crippen LogP contribution in [0.1, 0.15) is 10.4 Å². The third kappa shape index (κ3) is 3.55. The Balaban J connectivity index is 2.08. The number of Topliss-reactive ketones (excluding diaryl/α,β-unsaturated/α-hetero) is 1. The summed E-state index contributed by atoms with van der Waals surface area (Å²) in [5, 5.41) is 0.638. The average Bonchev–Trinajstić information content (AvgIpc) is 2.40. The molecule has 3 nitrogen and oxygen atoms in total. The minimum atomic E-state index is 0.0688. The molecule has 0 saturated carbocycles. The first-order valence-electron chi connectivity index (χ1n) is 6.01. The molecule has 0 saturated heterocycles. The van der Waals surface area contributed by atoms with Crippen molar-refractivity contribution in [2.45, 2.75) is 6.54 Å². The molecule has 1 aromatic heterocycles. The van der Waals surface area contributed by atoms with Crippen molar-refractivity contribution < 1.29 is 9.36 Å². The van der Waals surface area contributed by atoms with Crippen LogP contribution in [0.15, 0.2) is 48.8 Å². The molecule has 1 aromatic carbocycles. The van der Waals surface area contributed by atoms with Crippen molar-refractivity contribution >= 4 is 23.1 Å². The highest BCUT2D eigenvalue weighted by atomic mass is 35.5. The highest BCUT2D eigenvalue weighted by molar-refractivity contribution is 6.30. The maximum atomic E-state index is 12.1. The molecule has 19 heavy (non-hydrogen) atoms. The molecule has 2 rings (SSSR count). The fourth-order valence-electron chi connectivity index (χ4n) is 1.75. The standard InChI is InChI=1S/C15H16ClN2O/c1-17(2)14-7-9-18(10-8-14)11-15(19)12-3-5-13(16)6-4-12/h3-10H,11H2,1-2H3/q+1. The van der Waals surface area contributed by atoms with Gasteiger partial charge in [-0.1, -0.05) is 11.6 Å². The number of nitrogens with zero attached hydrogens (tertiary/aromatic N) is 2. The first kappa shape index (κ1) is 13.6. The predicted molar refractivity (Wildman–Crippen MR) is 76.7 cm³/mol.